The van der Waals surface area contributed by atoms with Crippen molar-refractivity contribution in [1.29, 1.82) is 0 Å². The van der Waals surface area contributed by atoms with Crippen LogP contribution in [0.15, 0.2) is 63.3 Å². The summed E-state index contributed by atoms with van der Waals surface area (Å²) in [6.07, 6.45) is 1.42. The Balaban J connectivity index is 1.54. The monoisotopic (exact) mass is 474 g/mol. The molecule has 9 nitrogen and oxygen atoms in total. The number of hydrogen-bond acceptors (Lipinski definition) is 7. The topological polar surface area (TPSA) is 115 Å². The summed E-state index contributed by atoms with van der Waals surface area (Å²) in [6.45, 7) is 0. The van der Waals surface area contributed by atoms with Crippen molar-refractivity contribution in [3.63, 3.8) is 0 Å². The maximum atomic E-state index is 12.0. The number of aromatic nitrogens is 3. The number of nitrogens with zero attached hydrogens (tertiary/aromatic N) is 5. The molecule has 3 aromatic rings. The number of amides is 1. The fraction of sp³-hybridized carbons (Fsp3) is 0.111. The zero-order valence-corrected chi connectivity index (χ0v) is 17.6. The molecule has 1 heterocycles. The molecule has 3 rings (SSSR count). The second-order valence-electron chi connectivity index (χ2n) is 5.81. The first-order chi connectivity index (χ1) is 13.9. The second kappa shape index (κ2) is 9.43. The van der Waals surface area contributed by atoms with Gasteiger partial charge in [-0.1, -0.05) is 39.8 Å². The number of carbonyl (C=O) groups is 1. The van der Waals surface area contributed by atoms with Crippen LogP contribution in [0.3, 0.4) is 0 Å². The maximum absolute atomic E-state index is 12.0. The number of nitro groups is 1. The molecule has 0 bridgehead atoms. The Morgan fingerprint density at radius 3 is 2.76 bits per heavy atom. The van der Waals surface area contributed by atoms with Crippen LogP contribution in [0.25, 0.3) is 11.4 Å². The summed E-state index contributed by atoms with van der Waals surface area (Å²) in [5, 5.41) is 23.4. The molecule has 29 heavy (non-hydrogen) atoms. The number of hydrazone groups is 1. The van der Waals surface area contributed by atoms with Gasteiger partial charge in [0.25, 0.3) is 11.6 Å². The highest BCUT2D eigenvalue weighted by molar-refractivity contribution is 9.10. The van der Waals surface area contributed by atoms with Crippen molar-refractivity contribution in [2.75, 3.05) is 5.75 Å². The van der Waals surface area contributed by atoms with E-state index in [1.807, 2.05) is 35.9 Å². The first kappa shape index (κ1) is 20.7. The fourth-order valence-electron chi connectivity index (χ4n) is 2.34. The van der Waals surface area contributed by atoms with Crippen LogP contribution < -0.4 is 5.43 Å². The Labute approximate surface area is 178 Å². The van der Waals surface area contributed by atoms with Crippen LogP contribution >= 0.6 is 27.7 Å². The second-order valence-corrected chi connectivity index (χ2v) is 7.66. The van der Waals surface area contributed by atoms with Gasteiger partial charge in [0.15, 0.2) is 11.0 Å². The third-order valence-electron chi connectivity index (χ3n) is 3.76. The molecule has 0 saturated heterocycles. The molecule has 1 aromatic heterocycles. The number of rotatable bonds is 7. The molecule has 0 atom stereocenters. The first-order valence-corrected chi connectivity index (χ1v) is 10.1. The summed E-state index contributed by atoms with van der Waals surface area (Å²) in [6, 6.07) is 13.6. The zero-order valence-electron chi connectivity index (χ0n) is 15.2. The number of benzene rings is 2. The van der Waals surface area contributed by atoms with E-state index in [4.69, 9.17) is 0 Å². The van der Waals surface area contributed by atoms with Gasteiger partial charge in [0.05, 0.1) is 16.9 Å². The fourth-order valence-corrected chi connectivity index (χ4v) is 3.45. The van der Waals surface area contributed by atoms with E-state index in [9.17, 15) is 14.9 Å². The molecule has 0 unspecified atom stereocenters. The predicted molar refractivity (Wildman–Crippen MR) is 114 cm³/mol. The van der Waals surface area contributed by atoms with Crippen molar-refractivity contribution in [1.82, 2.24) is 20.2 Å². The molecule has 0 aliphatic rings. The van der Waals surface area contributed by atoms with Crippen LogP contribution in [0.1, 0.15) is 5.56 Å². The standard InChI is InChI=1S/C18H15BrN6O3S/c1-24-17(13-3-2-4-14(19)9-13)22-23-18(24)29-11-16(26)21-20-10-12-5-7-15(8-6-12)25(27)28/h2-10H,11H2,1H3,(H,21,26)/b20-10-. The number of thioether (sulfide) groups is 1. The predicted octanol–water partition coefficient (Wildman–Crippen LogP) is 3.40. The lowest BCUT2D eigenvalue weighted by molar-refractivity contribution is -0.384. The summed E-state index contributed by atoms with van der Waals surface area (Å²) in [5.41, 5.74) is 3.96. The van der Waals surface area contributed by atoms with Crippen LogP contribution in [0.2, 0.25) is 0 Å². The van der Waals surface area contributed by atoms with Gasteiger partial charge in [-0.25, -0.2) is 5.43 Å². The first-order valence-electron chi connectivity index (χ1n) is 8.28. The number of hydrogen-bond donors (Lipinski definition) is 1. The lowest BCUT2D eigenvalue weighted by atomic mass is 10.2. The largest absolute Gasteiger partial charge is 0.305 e. The van der Waals surface area contributed by atoms with Gasteiger partial charge in [-0.15, -0.1) is 10.2 Å². The van der Waals surface area contributed by atoms with Crippen LogP contribution in [0.4, 0.5) is 5.69 Å². The van der Waals surface area contributed by atoms with E-state index in [-0.39, 0.29) is 17.3 Å². The summed E-state index contributed by atoms with van der Waals surface area (Å²) >= 11 is 4.68. The molecule has 0 fully saturated rings. The molecule has 2 aromatic carbocycles. The molecular formula is C18H15BrN6O3S. The Bertz CT molecular complexity index is 1070. The summed E-state index contributed by atoms with van der Waals surface area (Å²) in [5.74, 6) is 0.507. The van der Waals surface area contributed by atoms with E-state index < -0.39 is 4.92 Å². The van der Waals surface area contributed by atoms with Gasteiger partial charge < -0.3 is 4.57 Å². The molecule has 1 amide bonds. The van der Waals surface area contributed by atoms with Gasteiger partial charge in [0.2, 0.25) is 0 Å². The number of nitrogens with one attached hydrogen (secondary N) is 1. The minimum atomic E-state index is -0.478. The average Bonchev–Trinajstić information content (AvgIpc) is 3.07. The highest BCUT2D eigenvalue weighted by Crippen LogP contribution is 2.24. The third-order valence-corrected chi connectivity index (χ3v) is 5.27. The third kappa shape index (κ3) is 5.48. The molecule has 11 heteroatoms. The lowest BCUT2D eigenvalue weighted by Crippen LogP contribution is -2.19. The van der Waals surface area contributed by atoms with Crippen molar-refractivity contribution in [2.45, 2.75) is 5.16 Å². The highest BCUT2D eigenvalue weighted by atomic mass is 79.9. The van der Waals surface area contributed by atoms with E-state index in [0.717, 1.165) is 10.0 Å². The van der Waals surface area contributed by atoms with Gasteiger partial charge in [-0.05, 0) is 29.8 Å². The van der Waals surface area contributed by atoms with Crippen molar-refractivity contribution < 1.29 is 9.72 Å². The number of nitro benzene ring substituents is 1. The van der Waals surface area contributed by atoms with E-state index in [2.05, 4.69) is 36.7 Å². The smallest absolute Gasteiger partial charge is 0.269 e. The molecular weight excluding hydrogens is 460 g/mol. The molecule has 0 saturated carbocycles. The molecule has 1 N–H and O–H groups in total. The Morgan fingerprint density at radius 1 is 1.31 bits per heavy atom. The molecule has 0 radical (unpaired) electrons. The van der Waals surface area contributed by atoms with Crippen molar-refractivity contribution in [3.8, 4) is 11.4 Å². The molecule has 0 spiro atoms. The van der Waals surface area contributed by atoms with Gasteiger partial charge in [0.1, 0.15) is 0 Å². The van der Waals surface area contributed by atoms with Gasteiger partial charge in [-0.3, -0.25) is 14.9 Å². The summed E-state index contributed by atoms with van der Waals surface area (Å²) < 4.78 is 2.76. The highest BCUT2D eigenvalue weighted by Gasteiger charge is 2.13. The average molecular weight is 475 g/mol. The van der Waals surface area contributed by atoms with E-state index in [1.54, 1.807) is 12.1 Å². The quantitative estimate of drug-likeness (QED) is 0.243. The van der Waals surface area contributed by atoms with Gasteiger partial charge in [0, 0.05) is 29.2 Å². The Morgan fingerprint density at radius 2 is 2.07 bits per heavy atom. The van der Waals surface area contributed by atoms with Gasteiger partial charge >= 0.3 is 0 Å². The van der Waals surface area contributed by atoms with Crippen LogP contribution in [-0.4, -0.2) is 37.6 Å². The van der Waals surface area contributed by atoms with E-state index in [0.29, 0.717) is 16.5 Å². The lowest BCUT2D eigenvalue weighted by Gasteiger charge is -2.04. The van der Waals surface area contributed by atoms with Crippen LogP contribution in [0.5, 0.6) is 0 Å². The normalized spacial score (nSPS) is 11.0. The minimum Gasteiger partial charge on any atom is -0.305 e. The maximum Gasteiger partial charge on any atom is 0.269 e. The van der Waals surface area contributed by atoms with Crippen molar-refractivity contribution in [3.05, 3.63) is 68.7 Å². The van der Waals surface area contributed by atoms with Crippen molar-refractivity contribution >= 4 is 45.5 Å². The minimum absolute atomic E-state index is 0.00603. The summed E-state index contributed by atoms with van der Waals surface area (Å²) in [4.78, 5) is 22.1. The summed E-state index contributed by atoms with van der Waals surface area (Å²) in [7, 11) is 1.84. The molecule has 0 aliphatic heterocycles. The van der Waals surface area contributed by atoms with E-state index >= 15 is 0 Å². The van der Waals surface area contributed by atoms with Crippen LogP contribution in [0, 0.1) is 10.1 Å². The number of non-ortho nitro benzene ring substituents is 1. The zero-order chi connectivity index (χ0) is 20.8. The number of carbonyl (C=O) groups excluding carboxylic acids is 1. The Kier molecular flexibility index (Phi) is 6.73. The van der Waals surface area contributed by atoms with E-state index in [1.165, 1.54) is 30.1 Å². The molecule has 148 valence electrons. The Hall–Kier alpha value is -3.05. The van der Waals surface area contributed by atoms with Crippen LogP contribution in [-0.2, 0) is 11.8 Å². The number of halogens is 1. The SMILES string of the molecule is Cn1c(SCC(=O)N/N=C\c2ccc([N+](=O)[O-])cc2)nnc1-c1cccc(Br)c1. The van der Waals surface area contributed by atoms with Crippen molar-refractivity contribution in [2.24, 2.45) is 12.1 Å². The van der Waals surface area contributed by atoms with Gasteiger partial charge in [-0.2, -0.15) is 5.10 Å². The molecule has 0 aliphatic carbocycles.